The van der Waals surface area contributed by atoms with Crippen molar-refractivity contribution < 1.29 is 8.42 Å². The molecule has 2 bridgehead atoms. The number of nitrogens with zero attached hydrogens (tertiary/aromatic N) is 1. The van der Waals surface area contributed by atoms with Crippen LogP contribution in [0.15, 0.2) is 4.40 Å². The molecule has 0 N–H and O–H groups in total. The lowest BCUT2D eigenvalue weighted by atomic mass is 9.50. The molecule has 1 aliphatic heterocycles. The molecule has 0 radical (unpaired) electrons. The summed E-state index contributed by atoms with van der Waals surface area (Å²) in [5.41, 5.74) is 1.11. The number of hydrogen-bond donors (Lipinski definition) is 0. The zero-order chi connectivity index (χ0) is 9.48. The van der Waals surface area contributed by atoms with Crippen molar-refractivity contribution in [1.29, 1.82) is 0 Å². The fourth-order valence-corrected chi connectivity index (χ4v) is 5.53. The van der Waals surface area contributed by atoms with Crippen LogP contribution in [0.25, 0.3) is 0 Å². The highest BCUT2D eigenvalue weighted by Gasteiger charge is 2.73. The smallest absolute Gasteiger partial charge is 0.205 e. The highest BCUT2D eigenvalue weighted by Crippen LogP contribution is 2.70. The summed E-state index contributed by atoms with van der Waals surface area (Å²) in [5, 5.41) is 0. The molecule has 3 saturated carbocycles. The molecule has 13 heavy (non-hydrogen) atoms. The highest BCUT2D eigenvalue weighted by molar-refractivity contribution is 7.90. The molecule has 2 atom stereocenters. The van der Waals surface area contributed by atoms with Crippen LogP contribution in [-0.4, -0.2) is 19.9 Å². The summed E-state index contributed by atoms with van der Waals surface area (Å²) in [7, 11) is -3.11. The summed E-state index contributed by atoms with van der Waals surface area (Å²) in [4.78, 5) is 0. The fraction of sp³-hybridized carbons (Fsp3) is 0.889. The summed E-state index contributed by atoms with van der Waals surface area (Å²) < 4.78 is 26.6. The molecule has 4 aliphatic rings. The molecule has 1 heterocycles. The molecular formula is C9H13NO2S. The van der Waals surface area contributed by atoms with E-state index in [1.165, 1.54) is 0 Å². The average molecular weight is 199 g/mol. The molecule has 3 fully saturated rings. The summed E-state index contributed by atoms with van der Waals surface area (Å²) in [5.74, 6) is 0.725. The molecular weight excluding hydrogens is 186 g/mol. The van der Waals surface area contributed by atoms with Crippen LogP contribution in [0, 0.1) is 16.7 Å². The van der Waals surface area contributed by atoms with Gasteiger partial charge in [0.25, 0.3) is 10.0 Å². The van der Waals surface area contributed by atoms with E-state index in [0.29, 0.717) is 5.92 Å². The highest BCUT2D eigenvalue weighted by atomic mass is 32.2. The van der Waals surface area contributed by atoms with Gasteiger partial charge in [-0.05, 0) is 18.3 Å². The quantitative estimate of drug-likeness (QED) is 0.588. The molecule has 4 heteroatoms. The average Bonchev–Trinajstić information content (AvgIpc) is 2.46. The Morgan fingerprint density at radius 3 is 2.69 bits per heavy atom. The van der Waals surface area contributed by atoms with E-state index < -0.39 is 10.0 Å². The van der Waals surface area contributed by atoms with Crippen LogP contribution >= 0.6 is 0 Å². The first kappa shape index (κ1) is 7.97. The third kappa shape index (κ3) is 0.621. The topological polar surface area (TPSA) is 46.5 Å². The zero-order valence-corrected chi connectivity index (χ0v) is 8.69. The largest absolute Gasteiger partial charge is 0.254 e. The number of hydrogen-bond acceptors (Lipinski definition) is 2. The van der Waals surface area contributed by atoms with Gasteiger partial charge >= 0.3 is 0 Å². The molecule has 0 amide bonds. The van der Waals surface area contributed by atoms with E-state index in [2.05, 4.69) is 18.2 Å². The van der Waals surface area contributed by atoms with Gasteiger partial charge in [0.1, 0.15) is 0 Å². The van der Waals surface area contributed by atoms with Gasteiger partial charge in [0.05, 0.1) is 5.75 Å². The van der Waals surface area contributed by atoms with Crippen molar-refractivity contribution in [2.75, 3.05) is 5.75 Å². The van der Waals surface area contributed by atoms with Crippen LogP contribution in [0.5, 0.6) is 0 Å². The van der Waals surface area contributed by atoms with Gasteiger partial charge in [0.2, 0.25) is 0 Å². The van der Waals surface area contributed by atoms with Gasteiger partial charge in [0, 0.05) is 17.0 Å². The van der Waals surface area contributed by atoms with Crippen LogP contribution in [0.4, 0.5) is 0 Å². The van der Waals surface area contributed by atoms with Crippen LogP contribution in [0.3, 0.4) is 0 Å². The second kappa shape index (κ2) is 1.72. The third-order valence-corrected chi connectivity index (χ3v) is 5.78. The van der Waals surface area contributed by atoms with Gasteiger partial charge in [-0.3, -0.25) is 0 Å². The van der Waals surface area contributed by atoms with E-state index >= 15 is 0 Å². The van der Waals surface area contributed by atoms with E-state index in [-0.39, 0.29) is 16.6 Å². The molecule has 2 unspecified atom stereocenters. The maximum atomic E-state index is 11.4. The van der Waals surface area contributed by atoms with Crippen molar-refractivity contribution in [3.63, 3.8) is 0 Å². The first-order chi connectivity index (χ1) is 5.89. The van der Waals surface area contributed by atoms with Gasteiger partial charge in [-0.1, -0.05) is 13.8 Å². The maximum absolute atomic E-state index is 11.4. The van der Waals surface area contributed by atoms with Crippen molar-refractivity contribution in [1.82, 2.24) is 0 Å². The number of fused-ring (bicyclic) bond motifs is 1. The minimum absolute atomic E-state index is 0.0590. The Bertz CT molecular complexity index is 421. The Labute approximate surface area is 78.3 Å². The number of rotatable bonds is 0. The lowest BCUT2D eigenvalue weighted by Crippen LogP contribution is -2.57. The predicted octanol–water partition coefficient (Wildman–Crippen LogP) is 1.21. The summed E-state index contributed by atoms with van der Waals surface area (Å²) in [6.45, 7) is 4.37. The Morgan fingerprint density at radius 2 is 2.15 bits per heavy atom. The lowest BCUT2D eigenvalue weighted by Gasteiger charge is -2.52. The van der Waals surface area contributed by atoms with Crippen molar-refractivity contribution >= 4 is 15.7 Å². The Balaban J connectivity index is 2.22. The van der Waals surface area contributed by atoms with Crippen LogP contribution < -0.4 is 0 Å². The minimum atomic E-state index is -3.11. The lowest BCUT2D eigenvalue weighted by molar-refractivity contribution is 0.124. The minimum Gasteiger partial charge on any atom is -0.205 e. The van der Waals surface area contributed by atoms with Gasteiger partial charge in [-0.25, -0.2) is 8.42 Å². The van der Waals surface area contributed by atoms with Crippen molar-refractivity contribution in [3.05, 3.63) is 0 Å². The predicted molar refractivity (Wildman–Crippen MR) is 50.2 cm³/mol. The Kier molecular flexibility index (Phi) is 1.05. The first-order valence-electron chi connectivity index (χ1n) is 4.72. The van der Waals surface area contributed by atoms with Crippen LogP contribution in [0.1, 0.15) is 26.7 Å². The molecule has 0 aromatic heterocycles. The van der Waals surface area contributed by atoms with Crippen molar-refractivity contribution in [2.45, 2.75) is 26.7 Å². The van der Waals surface area contributed by atoms with Crippen LogP contribution in [0.2, 0.25) is 0 Å². The van der Waals surface area contributed by atoms with Gasteiger partial charge in [0.15, 0.2) is 0 Å². The molecule has 72 valence electrons. The van der Waals surface area contributed by atoms with E-state index in [1.807, 2.05) is 0 Å². The Morgan fingerprint density at radius 1 is 1.46 bits per heavy atom. The van der Waals surface area contributed by atoms with E-state index in [0.717, 1.165) is 18.6 Å². The standard InChI is InChI=1S/C9H13NO2S/c1-8(2)6-3-4-9(8)5-13(11,12)10-7(6)9/h6H,3-5H2,1-2H3. The molecule has 0 aromatic carbocycles. The van der Waals surface area contributed by atoms with Crippen molar-refractivity contribution in [3.8, 4) is 0 Å². The number of sulfonamides is 1. The summed E-state index contributed by atoms with van der Waals surface area (Å²) >= 11 is 0. The third-order valence-electron chi connectivity index (χ3n) is 4.45. The zero-order valence-electron chi connectivity index (χ0n) is 7.87. The summed E-state index contributed by atoms with van der Waals surface area (Å²) in [6, 6.07) is 0. The van der Waals surface area contributed by atoms with E-state index in [9.17, 15) is 8.42 Å². The molecule has 1 spiro atoms. The van der Waals surface area contributed by atoms with Crippen LogP contribution in [-0.2, 0) is 10.0 Å². The second-order valence-corrected chi connectivity index (χ2v) is 6.73. The van der Waals surface area contributed by atoms with Crippen molar-refractivity contribution in [2.24, 2.45) is 21.1 Å². The fourth-order valence-electron chi connectivity index (χ4n) is 3.58. The van der Waals surface area contributed by atoms with Gasteiger partial charge < -0.3 is 0 Å². The molecule has 3 aliphatic carbocycles. The molecule has 0 saturated heterocycles. The van der Waals surface area contributed by atoms with E-state index in [1.54, 1.807) is 0 Å². The molecule has 0 aromatic rings. The SMILES string of the molecule is CC1(C)C2CCC13CS(=O)(=O)N=C23. The molecule has 3 nitrogen and oxygen atoms in total. The van der Waals surface area contributed by atoms with Gasteiger partial charge in [-0.2, -0.15) is 4.40 Å². The Hall–Kier alpha value is -0.380. The normalized spacial score (nSPS) is 48.2. The first-order valence-corrected chi connectivity index (χ1v) is 6.33. The summed E-state index contributed by atoms with van der Waals surface area (Å²) in [6.07, 6.45) is 2.17. The van der Waals surface area contributed by atoms with Gasteiger partial charge in [-0.15, -0.1) is 0 Å². The van der Waals surface area contributed by atoms with E-state index in [4.69, 9.17) is 0 Å². The monoisotopic (exact) mass is 199 g/mol. The maximum Gasteiger partial charge on any atom is 0.254 e. The molecule has 4 rings (SSSR count). The second-order valence-electron chi connectivity index (χ2n) is 5.10.